The van der Waals surface area contributed by atoms with Gasteiger partial charge in [-0.05, 0) is 66.6 Å². The fourth-order valence-electron chi connectivity index (χ4n) is 5.04. The number of nitrogens with zero attached hydrogens (tertiary/aromatic N) is 5. The highest BCUT2D eigenvalue weighted by atomic mass is 35.5. The molecule has 0 aliphatic heterocycles. The quantitative estimate of drug-likeness (QED) is 0.272. The highest BCUT2D eigenvalue weighted by Gasteiger charge is 2.32. The Hall–Kier alpha value is -3.42. The standard InChI is InChI=1S/C30H33N5O2.2ClH/c1-21(2)28-13-12-24(18-32-28)35(30(37)27-10-5-9-26-25(27)8-6-11-29(26)36)20-22-17-33-34(19-22)16-14-23-7-3-4-15-31-23;;/h3-4,6-8,11-13,15,17-19,21,27,36H,5,9-10,14,16,20H2,1-2H3;2*1H. The summed E-state index contributed by atoms with van der Waals surface area (Å²) in [6.07, 6.45) is 10.6. The van der Waals surface area contributed by atoms with Crippen LogP contribution in [-0.2, 0) is 30.7 Å². The first-order valence-corrected chi connectivity index (χ1v) is 13.0. The highest BCUT2D eigenvalue weighted by molar-refractivity contribution is 5.98. The topological polar surface area (TPSA) is 84.1 Å². The molecule has 1 amide bonds. The van der Waals surface area contributed by atoms with Crippen LogP contribution in [0.2, 0.25) is 0 Å². The summed E-state index contributed by atoms with van der Waals surface area (Å²) in [7, 11) is 0. The average Bonchev–Trinajstić information content (AvgIpc) is 3.38. The lowest BCUT2D eigenvalue weighted by Gasteiger charge is -2.31. The number of carbonyl (C=O) groups excluding carboxylic acids is 1. The molecule has 5 rings (SSSR count). The summed E-state index contributed by atoms with van der Waals surface area (Å²) in [5.41, 5.74) is 5.55. The number of hydrogen-bond acceptors (Lipinski definition) is 5. The maximum Gasteiger partial charge on any atom is 0.234 e. The monoisotopic (exact) mass is 567 g/mol. The fourth-order valence-corrected chi connectivity index (χ4v) is 5.04. The number of aromatic hydroxyl groups is 1. The van der Waals surface area contributed by atoms with Crippen molar-refractivity contribution >= 4 is 36.4 Å². The average molecular weight is 569 g/mol. The number of benzene rings is 1. The van der Waals surface area contributed by atoms with Gasteiger partial charge in [0.2, 0.25) is 5.91 Å². The minimum atomic E-state index is -0.306. The predicted molar refractivity (Wildman–Crippen MR) is 158 cm³/mol. The van der Waals surface area contributed by atoms with Crippen LogP contribution >= 0.6 is 24.8 Å². The number of amides is 1. The number of phenolic OH excluding ortho intramolecular Hbond substituents is 1. The van der Waals surface area contributed by atoms with Crippen LogP contribution < -0.4 is 4.90 Å². The molecule has 3 heterocycles. The summed E-state index contributed by atoms with van der Waals surface area (Å²) in [6, 6.07) is 15.4. The zero-order valence-electron chi connectivity index (χ0n) is 22.2. The number of hydrogen-bond donors (Lipinski definition) is 1. The number of anilines is 1. The predicted octanol–water partition coefficient (Wildman–Crippen LogP) is 6.24. The number of halogens is 2. The third kappa shape index (κ3) is 6.97. The van der Waals surface area contributed by atoms with Gasteiger partial charge in [-0.15, -0.1) is 24.8 Å². The molecule has 0 fully saturated rings. The normalized spacial score (nSPS) is 14.2. The van der Waals surface area contributed by atoms with Gasteiger partial charge in [0.05, 0.1) is 30.5 Å². The van der Waals surface area contributed by atoms with E-state index < -0.39 is 0 Å². The van der Waals surface area contributed by atoms with E-state index in [1.807, 2.05) is 64.4 Å². The number of carbonyl (C=O) groups is 1. The van der Waals surface area contributed by atoms with Crippen LogP contribution in [0.4, 0.5) is 5.69 Å². The molecule has 0 saturated carbocycles. The van der Waals surface area contributed by atoms with Crippen molar-refractivity contribution in [2.75, 3.05) is 4.90 Å². The van der Waals surface area contributed by atoms with Gasteiger partial charge in [-0.3, -0.25) is 19.4 Å². The molecule has 1 aromatic carbocycles. The second-order valence-corrected chi connectivity index (χ2v) is 9.99. The van der Waals surface area contributed by atoms with Gasteiger partial charge < -0.3 is 10.0 Å². The van der Waals surface area contributed by atoms with Gasteiger partial charge >= 0.3 is 0 Å². The largest absolute Gasteiger partial charge is 0.508 e. The summed E-state index contributed by atoms with van der Waals surface area (Å²) < 4.78 is 1.90. The number of pyridine rings is 2. The van der Waals surface area contributed by atoms with E-state index in [0.717, 1.165) is 59.4 Å². The Bertz CT molecular complexity index is 1360. The van der Waals surface area contributed by atoms with E-state index in [-0.39, 0.29) is 42.4 Å². The maximum atomic E-state index is 14.1. The summed E-state index contributed by atoms with van der Waals surface area (Å²) in [5, 5.41) is 15.0. The molecule has 0 spiro atoms. The van der Waals surface area contributed by atoms with E-state index in [1.165, 1.54) is 0 Å². The molecular formula is C30H35Cl2N5O2. The first-order valence-electron chi connectivity index (χ1n) is 13.0. The third-order valence-electron chi connectivity index (χ3n) is 7.07. The van der Waals surface area contributed by atoms with Gasteiger partial charge in [0, 0.05) is 42.3 Å². The summed E-state index contributed by atoms with van der Waals surface area (Å²) >= 11 is 0. The van der Waals surface area contributed by atoms with E-state index in [9.17, 15) is 9.90 Å². The minimum absolute atomic E-state index is 0. The van der Waals surface area contributed by atoms with Crippen molar-refractivity contribution in [1.82, 2.24) is 19.7 Å². The van der Waals surface area contributed by atoms with Crippen molar-refractivity contribution in [3.8, 4) is 5.75 Å². The number of aryl methyl sites for hydroxylation is 2. The number of aromatic nitrogens is 4. The SMILES string of the molecule is CC(C)c1ccc(N(Cc2cnn(CCc3ccccn3)c2)C(=O)C2CCCc3c(O)cccc32)cn1.Cl.Cl. The molecule has 7 nitrogen and oxygen atoms in total. The van der Waals surface area contributed by atoms with Gasteiger partial charge in [-0.25, -0.2) is 0 Å². The van der Waals surface area contributed by atoms with E-state index >= 15 is 0 Å². The molecule has 1 atom stereocenters. The zero-order valence-corrected chi connectivity index (χ0v) is 23.9. The molecule has 1 aliphatic carbocycles. The molecular weight excluding hydrogens is 533 g/mol. The lowest BCUT2D eigenvalue weighted by molar-refractivity contribution is -0.120. The Kier molecular flexibility index (Phi) is 10.5. The van der Waals surface area contributed by atoms with Gasteiger partial charge in [0.1, 0.15) is 5.75 Å². The summed E-state index contributed by atoms with van der Waals surface area (Å²) in [5.74, 6) is 0.300. The first kappa shape index (κ1) is 30.1. The zero-order chi connectivity index (χ0) is 25.8. The Balaban J connectivity index is 0.00000210. The summed E-state index contributed by atoms with van der Waals surface area (Å²) in [6.45, 7) is 5.33. The van der Waals surface area contributed by atoms with E-state index in [0.29, 0.717) is 19.0 Å². The Morgan fingerprint density at radius 1 is 1.08 bits per heavy atom. The van der Waals surface area contributed by atoms with Gasteiger partial charge in [0.15, 0.2) is 0 Å². The van der Waals surface area contributed by atoms with Crippen molar-refractivity contribution in [3.63, 3.8) is 0 Å². The van der Waals surface area contributed by atoms with Gasteiger partial charge in [0.25, 0.3) is 0 Å². The Morgan fingerprint density at radius 2 is 1.92 bits per heavy atom. The van der Waals surface area contributed by atoms with Crippen LogP contribution in [0.5, 0.6) is 5.75 Å². The molecule has 0 radical (unpaired) electrons. The van der Waals surface area contributed by atoms with Crippen LogP contribution in [0, 0.1) is 0 Å². The number of phenols is 1. The van der Waals surface area contributed by atoms with Crippen molar-refractivity contribution in [1.29, 1.82) is 0 Å². The molecule has 39 heavy (non-hydrogen) atoms. The molecule has 0 bridgehead atoms. The molecule has 1 unspecified atom stereocenters. The second kappa shape index (κ2) is 13.6. The van der Waals surface area contributed by atoms with Crippen molar-refractivity contribution < 1.29 is 9.90 Å². The van der Waals surface area contributed by atoms with E-state index in [2.05, 4.69) is 28.9 Å². The van der Waals surface area contributed by atoms with Crippen LogP contribution in [0.1, 0.15) is 66.6 Å². The second-order valence-electron chi connectivity index (χ2n) is 9.99. The summed E-state index contributed by atoms with van der Waals surface area (Å²) in [4.78, 5) is 24.9. The fraction of sp³-hybridized carbons (Fsp3) is 0.333. The highest BCUT2D eigenvalue weighted by Crippen LogP contribution is 2.38. The van der Waals surface area contributed by atoms with Gasteiger partial charge in [-0.2, -0.15) is 5.10 Å². The van der Waals surface area contributed by atoms with Gasteiger partial charge in [-0.1, -0.05) is 32.0 Å². The Morgan fingerprint density at radius 3 is 2.64 bits per heavy atom. The number of fused-ring (bicyclic) bond motifs is 1. The third-order valence-corrected chi connectivity index (χ3v) is 7.07. The molecule has 4 aromatic rings. The molecule has 9 heteroatoms. The first-order chi connectivity index (χ1) is 18.0. The van der Waals surface area contributed by atoms with E-state index in [4.69, 9.17) is 0 Å². The lowest BCUT2D eigenvalue weighted by atomic mass is 9.81. The van der Waals surface area contributed by atoms with Crippen molar-refractivity contribution in [2.45, 2.75) is 64.5 Å². The number of rotatable bonds is 8. The molecule has 0 saturated heterocycles. The Labute approximate surface area is 242 Å². The van der Waals surface area contributed by atoms with Crippen LogP contribution in [-0.4, -0.2) is 30.8 Å². The van der Waals surface area contributed by atoms with Crippen molar-refractivity contribution in [2.24, 2.45) is 0 Å². The minimum Gasteiger partial charge on any atom is -0.508 e. The molecule has 206 valence electrons. The molecule has 1 aliphatic rings. The van der Waals surface area contributed by atoms with Crippen LogP contribution in [0.25, 0.3) is 0 Å². The molecule has 1 N–H and O–H groups in total. The van der Waals surface area contributed by atoms with Crippen LogP contribution in [0.3, 0.4) is 0 Å². The van der Waals surface area contributed by atoms with Crippen molar-refractivity contribution in [3.05, 3.63) is 101 Å². The van der Waals surface area contributed by atoms with Crippen LogP contribution in [0.15, 0.2) is 73.3 Å². The lowest BCUT2D eigenvalue weighted by Crippen LogP contribution is -2.36. The van der Waals surface area contributed by atoms with E-state index in [1.54, 1.807) is 18.5 Å². The smallest absolute Gasteiger partial charge is 0.234 e. The molecule has 3 aromatic heterocycles. The maximum absolute atomic E-state index is 14.1.